The van der Waals surface area contributed by atoms with Gasteiger partial charge in [0.25, 0.3) is 0 Å². The summed E-state index contributed by atoms with van der Waals surface area (Å²) in [5.41, 5.74) is 0.430. The van der Waals surface area contributed by atoms with E-state index in [2.05, 4.69) is 19.2 Å². The molecule has 1 rings (SSSR count). The Morgan fingerprint density at radius 3 is 2.57 bits per heavy atom. The molecule has 2 nitrogen and oxygen atoms in total. The fourth-order valence-electron chi connectivity index (χ4n) is 1.77. The first kappa shape index (κ1) is 13.9. The highest BCUT2D eigenvalue weighted by Crippen LogP contribution is 2.28. The van der Waals surface area contributed by atoms with Crippen LogP contribution in [0.2, 0.25) is 0 Å². The van der Waals surface area contributed by atoms with Gasteiger partial charge in [0.15, 0.2) is 0 Å². The Hall–Kier alpha value is -0.0800. The van der Waals surface area contributed by atoms with Crippen LogP contribution < -0.4 is 5.32 Å². The van der Waals surface area contributed by atoms with Gasteiger partial charge in [0.1, 0.15) is 0 Å². The Morgan fingerprint density at radius 2 is 1.93 bits per heavy atom. The van der Waals surface area contributed by atoms with Crippen LogP contribution >= 0.6 is 0 Å². The van der Waals surface area contributed by atoms with E-state index in [4.69, 9.17) is 4.74 Å². The standard InChI is InChI=1S/C10H21NO.C2H6/c1-3-12-9-10(2)5-4-7-11-8-6-10;1-2/h11H,3-9H2,1-2H3;1-2H3. The lowest BCUT2D eigenvalue weighted by molar-refractivity contribution is 0.0535. The molecule has 1 aliphatic rings. The summed E-state index contributed by atoms with van der Waals surface area (Å²) in [6.07, 6.45) is 3.86. The van der Waals surface area contributed by atoms with E-state index in [-0.39, 0.29) is 0 Å². The van der Waals surface area contributed by atoms with Gasteiger partial charge in [-0.25, -0.2) is 0 Å². The van der Waals surface area contributed by atoms with Crippen molar-refractivity contribution in [2.45, 2.75) is 47.0 Å². The topological polar surface area (TPSA) is 21.3 Å². The van der Waals surface area contributed by atoms with Crippen LogP contribution in [0.1, 0.15) is 47.0 Å². The van der Waals surface area contributed by atoms with E-state index in [0.717, 1.165) is 19.8 Å². The second kappa shape index (κ2) is 8.25. The monoisotopic (exact) mass is 201 g/mol. The van der Waals surface area contributed by atoms with Gasteiger partial charge in [-0.2, -0.15) is 0 Å². The molecular formula is C12H27NO. The molecule has 0 radical (unpaired) electrons. The minimum atomic E-state index is 0.430. The molecule has 0 aliphatic carbocycles. The summed E-state index contributed by atoms with van der Waals surface area (Å²) in [5, 5.41) is 3.42. The van der Waals surface area contributed by atoms with Gasteiger partial charge in [-0.15, -0.1) is 0 Å². The second-order valence-corrected chi connectivity index (χ2v) is 4.05. The normalized spacial score (nSPS) is 27.4. The Balaban J connectivity index is 0.000000791. The quantitative estimate of drug-likeness (QED) is 0.758. The number of ether oxygens (including phenoxy) is 1. The fourth-order valence-corrected chi connectivity index (χ4v) is 1.77. The third-order valence-corrected chi connectivity index (χ3v) is 2.69. The first-order valence-electron chi connectivity index (χ1n) is 6.05. The summed E-state index contributed by atoms with van der Waals surface area (Å²) in [6.45, 7) is 12.5. The lowest BCUT2D eigenvalue weighted by atomic mass is 9.84. The van der Waals surface area contributed by atoms with Crippen LogP contribution in [-0.2, 0) is 4.74 Å². The molecule has 0 amide bonds. The molecule has 0 spiro atoms. The van der Waals surface area contributed by atoms with Crippen molar-refractivity contribution in [2.24, 2.45) is 5.41 Å². The zero-order valence-corrected chi connectivity index (χ0v) is 10.4. The van der Waals surface area contributed by atoms with Crippen LogP contribution in [0.25, 0.3) is 0 Å². The maximum Gasteiger partial charge on any atom is 0.0520 e. The van der Waals surface area contributed by atoms with Crippen LogP contribution in [0, 0.1) is 5.41 Å². The number of hydrogen-bond donors (Lipinski definition) is 1. The predicted molar refractivity (Wildman–Crippen MR) is 62.7 cm³/mol. The van der Waals surface area contributed by atoms with Gasteiger partial charge in [-0.1, -0.05) is 20.8 Å². The molecular weight excluding hydrogens is 174 g/mol. The van der Waals surface area contributed by atoms with Gasteiger partial charge in [0.2, 0.25) is 0 Å². The van der Waals surface area contributed by atoms with Crippen molar-refractivity contribution in [1.82, 2.24) is 5.32 Å². The molecule has 1 saturated heterocycles. The van der Waals surface area contributed by atoms with Crippen molar-refractivity contribution >= 4 is 0 Å². The first-order chi connectivity index (χ1) is 6.77. The van der Waals surface area contributed by atoms with Gasteiger partial charge in [-0.05, 0) is 44.7 Å². The van der Waals surface area contributed by atoms with Crippen molar-refractivity contribution in [1.29, 1.82) is 0 Å². The van der Waals surface area contributed by atoms with Crippen LogP contribution in [-0.4, -0.2) is 26.3 Å². The van der Waals surface area contributed by atoms with Crippen molar-refractivity contribution in [3.8, 4) is 0 Å². The molecule has 14 heavy (non-hydrogen) atoms. The number of nitrogens with one attached hydrogen (secondary N) is 1. The highest BCUT2D eigenvalue weighted by atomic mass is 16.5. The molecule has 0 saturated carbocycles. The first-order valence-corrected chi connectivity index (χ1v) is 6.05. The summed E-state index contributed by atoms with van der Waals surface area (Å²) in [7, 11) is 0. The highest BCUT2D eigenvalue weighted by molar-refractivity contribution is 4.78. The zero-order chi connectivity index (χ0) is 10.9. The minimum absolute atomic E-state index is 0.430. The lowest BCUT2D eigenvalue weighted by Crippen LogP contribution is -2.25. The van der Waals surface area contributed by atoms with Gasteiger partial charge in [-0.3, -0.25) is 0 Å². The average Bonchev–Trinajstić information content (AvgIpc) is 2.44. The van der Waals surface area contributed by atoms with Crippen molar-refractivity contribution in [3.63, 3.8) is 0 Å². The van der Waals surface area contributed by atoms with Crippen molar-refractivity contribution in [2.75, 3.05) is 26.3 Å². The average molecular weight is 201 g/mol. The second-order valence-electron chi connectivity index (χ2n) is 4.05. The van der Waals surface area contributed by atoms with Gasteiger partial charge >= 0.3 is 0 Å². The third-order valence-electron chi connectivity index (χ3n) is 2.69. The smallest absolute Gasteiger partial charge is 0.0520 e. The van der Waals surface area contributed by atoms with E-state index < -0.39 is 0 Å². The van der Waals surface area contributed by atoms with E-state index in [1.807, 2.05) is 13.8 Å². The molecule has 1 unspecified atom stereocenters. The Bertz CT molecular complexity index is 117. The SMILES string of the molecule is CC.CCOCC1(C)CCCNCC1. The van der Waals surface area contributed by atoms with Gasteiger partial charge < -0.3 is 10.1 Å². The Labute approximate surface area is 89.4 Å². The van der Waals surface area contributed by atoms with Crippen molar-refractivity contribution < 1.29 is 4.74 Å². The maximum absolute atomic E-state index is 5.50. The van der Waals surface area contributed by atoms with Crippen LogP contribution in [0.15, 0.2) is 0 Å². The Morgan fingerprint density at radius 1 is 1.21 bits per heavy atom. The van der Waals surface area contributed by atoms with E-state index in [0.29, 0.717) is 5.41 Å². The van der Waals surface area contributed by atoms with E-state index in [9.17, 15) is 0 Å². The molecule has 0 aromatic heterocycles. The highest BCUT2D eigenvalue weighted by Gasteiger charge is 2.25. The molecule has 0 bridgehead atoms. The molecule has 0 aromatic carbocycles. The van der Waals surface area contributed by atoms with Gasteiger partial charge in [0, 0.05) is 6.61 Å². The molecule has 86 valence electrons. The fraction of sp³-hybridized carbons (Fsp3) is 1.00. The number of rotatable bonds is 3. The largest absolute Gasteiger partial charge is 0.381 e. The van der Waals surface area contributed by atoms with Crippen molar-refractivity contribution in [3.05, 3.63) is 0 Å². The molecule has 0 aromatic rings. The van der Waals surface area contributed by atoms with E-state index >= 15 is 0 Å². The number of hydrogen-bond acceptors (Lipinski definition) is 2. The maximum atomic E-state index is 5.50. The molecule has 1 aliphatic heterocycles. The predicted octanol–water partition coefficient (Wildman–Crippen LogP) is 2.83. The summed E-state index contributed by atoms with van der Waals surface area (Å²) >= 11 is 0. The zero-order valence-electron chi connectivity index (χ0n) is 10.4. The molecule has 1 fully saturated rings. The third kappa shape index (κ3) is 5.61. The molecule has 1 N–H and O–H groups in total. The molecule has 1 atom stereocenters. The summed E-state index contributed by atoms with van der Waals surface area (Å²) in [4.78, 5) is 0. The van der Waals surface area contributed by atoms with Crippen LogP contribution in [0.3, 0.4) is 0 Å². The summed E-state index contributed by atoms with van der Waals surface area (Å²) < 4.78 is 5.50. The summed E-state index contributed by atoms with van der Waals surface area (Å²) in [6, 6.07) is 0. The lowest BCUT2D eigenvalue weighted by Gasteiger charge is -2.27. The van der Waals surface area contributed by atoms with E-state index in [1.165, 1.54) is 25.8 Å². The molecule has 2 heteroatoms. The molecule has 1 heterocycles. The van der Waals surface area contributed by atoms with Crippen LogP contribution in [0.4, 0.5) is 0 Å². The Kier molecular flexibility index (Phi) is 8.20. The summed E-state index contributed by atoms with van der Waals surface area (Å²) in [5.74, 6) is 0. The van der Waals surface area contributed by atoms with Gasteiger partial charge in [0.05, 0.1) is 6.61 Å². The van der Waals surface area contributed by atoms with Crippen LogP contribution in [0.5, 0.6) is 0 Å². The minimum Gasteiger partial charge on any atom is -0.381 e. The van der Waals surface area contributed by atoms with E-state index in [1.54, 1.807) is 0 Å².